The summed E-state index contributed by atoms with van der Waals surface area (Å²) >= 11 is 0. The van der Waals surface area contributed by atoms with Crippen LogP contribution in [-0.2, 0) is 0 Å². The van der Waals surface area contributed by atoms with E-state index in [4.69, 9.17) is 5.21 Å². The summed E-state index contributed by atoms with van der Waals surface area (Å²) in [6, 6.07) is 11.2. The van der Waals surface area contributed by atoms with Crippen LogP contribution in [-0.4, -0.2) is 10.9 Å². The molecule has 0 bridgehead atoms. The minimum absolute atomic E-state index is 0. The Morgan fingerprint density at radius 2 is 1.33 bits per heavy atom. The van der Waals surface area contributed by atoms with Gasteiger partial charge in [0.2, 0.25) is 0 Å². The molecule has 2 nitrogen and oxygen atoms in total. The Morgan fingerprint density at radius 3 is 1.67 bits per heavy atom. The average Bonchev–Trinajstić information content (AvgIpc) is 2.30. The maximum Gasteiger partial charge on any atom is 0.123 e. The van der Waals surface area contributed by atoms with Crippen molar-refractivity contribution in [1.82, 2.24) is 0 Å². The molecule has 94 valence electrons. The second-order valence-electron chi connectivity index (χ2n) is 3.47. The molecule has 2 rings (SSSR count). The minimum Gasteiger partial charge on any atom is -0.410 e. The van der Waals surface area contributed by atoms with Crippen molar-refractivity contribution in [2.75, 3.05) is 0 Å². The third-order valence-electron chi connectivity index (χ3n) is 2.30. The van der Waals surface area contributed by atoms with Crippen LogP contribution in [0.15, 0.2) is 53.7 Å². The molecule has 0 saturated heterocycles. The molecule has 0 saturated carbocycles. The zero-order valence-corrected chi connectivity index (χ0v) is 9.99. The molecule has 0 aliphatic heterocycles. The molecule has 0 aliphatic rings. The lowest BCUT2D eigenvalue weighted by atomic mass is 10.0. The fraction of sp³-hybridized carbons (Fsp3) is 0. The summed E-state index contributed by atoms with van der Waals surface area (Å²) in [6.07, 6.45) is 0. The van der Waals surface area contributed by atoms with Crippen molar-refractivity contribution in [1.29, 1.82) is 0 Å². The largest absolute Gasteiger partial charge is 0.410 e. The molecule has 0 fully saturated rings. The maximum atomic E-state index is 13.0. The average molecular weight is 270 g/mol. The second-order valence-corrected chi connectivity index (χ2v) is 3.47. The number of halogens is 3. The molecule has 0 unspecified atom stereocenters. The highest BCUT2D eigenvalue weighted by molar-refractivity contribution is 6.12. The lowest BCUT2D eigenvalue weighted by molar-refractivity contribution is 0.319. The van der Waals surface area contributed by atoms with E-state index in [1.165, 1.54) is 36.4 Å². The summed E-state index contributed by atoms with van der Waals surface area (Å²) in [5.41, 5.74) is 0.903. The quantitative estimate of drug-likeness (QED) is 0.504. The van der Waals surface area contributed by atoms with Crippen LogP contribution in [0.1, 0.15) is 11.1 Å². The minimum atomic E-state index is -0.444. The van der Waals surface area contributed by atoms with Gasteiger partial charge in [-0.05, 0) is 24.3 Å². The highest BCUT2D eigenvalue weighted by Crippen LogP contribution is 2.13. The van der Waals surface area contributed by atoms with Crippen LogP contribution >= 0.6 is 12.4 Å². The Bertz CT molecular complexity index is 525. The molecule has 0 radical (unpaired) electrons. The van der Waals surface area contributed by atoms with Gasteiger partial charge in [-0.1, -0.05) is 29.4 Å². The predicted octanol–water partition coefficient (Wildman–Crippen LogP) is 3.61. The topological polar surface area (TPSA) is 32.6 Å². The fourth-order valence-electron chi connectivity index (χ4n) is 1.55. The van der Waals surface area contributed by atoms with Gasteiger partial charge in [0.1, 0.15) is 17.3 Å². The summed E-state index contributed by atoms with van der Waals surface area (Å²) in [4.78, 5) is 0. The Kier molecular flexibility index (Phi) is 4.80. The standard InChI is InChI=1S/C13H9F2NO.ClH/c14-11-5-1-3-9(7-11)13(16-17)10-4-2-6-12(15)8-10;/h1-8,17H;1H. The summed E-state index contributed by atoms with van der Waals surface area (Å²) < 4.78 is 26.1. The van der Waals surface area contributed by atoms with Gasteiger partial charge < -0.3 is 5.21 Å². The predicted molar refractivity (Wildman–Crippen MR) is 67.5 cm³/mol. The van der Waals surface area contributed by atoms with Gasteiger partial charge in [-0.25, -0.2) is 8.78 Å². The normalized spacial score (nSPS) is 9.44. The third-order valence-corrected chi connectivity index (χ3v) is 2.30. The van der Waals surface area contributed by atoms with Crippen molar-refractivity contribution in [2.45, 2.75) is 0 Å². The Hall–Kier alpha value is -1.94. The molecule has 2 aromatic carbocycles. The zero-order chi connectivity index (χ0) is 12.3. The van der Waals surface area contributed by atoms with Crippen LogP contribution in [0.4, 0.5) is 8.78 Å². The van der Waals surface area contributed by atoms with E-state index in [0.29, 0.717) is 11.1 Å². The van der Waals surface area contributed by atoms with Crippen molar-refractivity contribution >= 4 is 18.1 Å². The lowest BCUT2D eigenvalue weighted by Crippen LogP contribution is -2.04. The number of nitrogens with zero attached hydrogens (tertiary/aromatic N) is 1. The van der Waals surface area contributed by atoms with E-state index >= 15 is 0 Å². The van der Waals surface area contributed by atoms with Gasteiger partial charge in [-0.2, -0.15) is 0 Å². The van der Waals surface area contributed by atoms with Gasteiger partial charge in [0.05, 0.1) is 0 Å². The fourth-order valence-corrected chi connectivity index (χ4v) is 1.55. The molecular weight excluding hydrogens is 260 g/mol. The van der Waals surface area contributed by atoms with Crippen LogP contribution in [0.2, 0.25) is 0 Å². The van der Waals surface area contributed by atoms with Gasteiger partial charge >= 0.3 is 0 Å². The summed E-state index contributed by atoms with van der Waals surface area (Å²) in [5.74, 6) is -0.889. The van der Waals surface area contributed by atoms with Crippen molar-refractivity contribution in [3.63, 3.8) is 0 Å². The molecule has 0 amide bonds. The number of hydrogen-bond acceptors (Lipinski definition) is 2. The van der Waals surface area contributed by atoms with Crippen LogP contribution < -0.4 is 0 Å². The van der Waals surface area contributed by atoms with E-state index in [9.17, 15) is 8.78 Å². The van der Waals surface area contributed by atoms with E-state index in [2.05, 4.69) is 5.16 Å². The Labute approximate surface area is 109 Å². The van der Waals surface area contributed by atoms with Crippen molar-refractivity contribution < 1.29 is 14.0 Å². The smallest absolute Gasteiger partial charge is 0.123 e. The van der Waals surface area contributed by atoms with Gasteiger partial charge in [0, 0.05) is 11.1 Å². The molecule has 1 N–H and O–H groups in total. The molecule has 18 heavy (non-hydrogen) atoms. The highest BCUT2D eigenvalue weighted by Gasteiger charge is 2.09. The first kappa shape index (κ1) is 14.1. The van der Waals surface area contributed by atoms with Gasteiger partial charge in [-0.15, -0.1) is 12.4 Å². The second kappa shape index (κ2) is 6.12. The van der Waals surface area contributed by atoms with E-state index < -0.39 is 11.6 Å². The van der Waals surface area contributed by atoms with Crippen molar-refractivity contribution in [2.24, 2.45) is 5.16 Å². The van der Waals surface area contributed by atoms with Crippen LogP contribution in [0, 0.1) is 11.6 Å². The molecule has 0 aliphatic carbocycles. The third kappa shape index (κ3) is 3.05. The van der Waals surface area contributed by atoms with Crippen molar-refractivity contribution in [3.8, 4) is 0 Å². The van der Waals surface area contributed by atoms with E-state index in [1.54, 1.807) is 12.1 Å². The SMILES string of the molecule is Cl.ON=C(c1cccc(F)c1)c1cccc(F)c1. The van der Waals surface area contributed by atoms with Crippen LogP contribution in [0.5, 0.6) is 0 Å². The van der Waals surface area contributed by atoms with Gasteiger partial charge in [0.25, 0.3) is 0 Å². The summed E-state index contributed by atoms with van der Waals surface area (Å²) in [5, 5.41) is 12.1. The molecule has 0 atom stereocenters. The highest BCUT2D eigenvalue weighted by atomic mass is 35.5. The summed E-state index contributed by atoms with van der Waals surface area (Å²) in [7, 11) is 0. The summed E-state index contributed by atoms with van der Waals surface area (Å²) in [6.45, 7) is 0. The first-order valence-corrected chi connectivity index (χ1v) is 4.94. The Morgan fingerprint density at radius 1 is 0.889 bits per heavy atom. The van der Waals surface area contributed by atoms with E-state index in [0.717, 1.165) is 0 Å². The van der Waals surface area contributed by atoms with Gasteiger partial charge in [-0.3, -0.25) is 0 Å². The molecule has 0 heterocycles. The molecule has 0 spiro atoms. The van der Waals surface area contributed by atoms with E-state index in [-0.39, 0.29) is 18.1 Å². The monoisotopic (exact) mass is 269 g/mol. The Balaban J connectivity index is 0.00000162. The zero-order valence-electron chi connectivity index (χ0n) is 9.18. The van der Waals surface area contributed by atoms with Crippen LogP contribution in [0.25, 0.3) is 0 Å². The number of oxime groups is 1. The van der Waals surface area contributed by atoms with E-state index in [1.807, 2.05) is 0 Å². The lowest BCUT2D eigenvalue weighted by Gasteiger charge is -2.05. The maximum absolute atomic E-state index is 13.0. The van der Waals surface area contributed by atoms with Gasteiger partial charge in [0.15, 0.2) is 0 Å². The molecular formula is C13H10ClF2NO. The first-order valence-electron chi connectivity index (χ1n) is 4.94. The molecule has 0 aromatic heterocycles. The molecule has 5 heteroatoms. The number of rotatable bonds is 2. The first-order chi connectivity index (χ1) is 8.20. The number of benzene rings is 2. The van der Waals surface area contributed by atoms with Crippen LogP contribution in [0.3, 0.4) is 0 Å². The van der Waals surface area contributed by atoms with Crippen molar-refractivity contribution in [3.05, 3.63) is 71.3 Å². The molecule has 2 aromatic rings. The number of hydrogen-bond donors (Lipinski definition) is 1.